The van der Waals surface area contributed by atoms with Crippen molar-refractivity contribution < 1.29 is 0 Å². The molecule has 0 atom stereocenters. The van der Waals surface area contributed by atoms with Gasteiger partial charge in [0.25, 0.3) is 0 Å². The number of nitrogens with zero attached hydrogens (tertiary/aromatic N) is 4. The number of rotatable bonds is 4. The molecule has 1 N–H and O–H groups in total. The van der Waals surface area contributed by atoms with E-state index in [0.717, 1.165) is 43.9 Å². The Balaban J connectivity index is 1.47. The Kier molecular flexibility index (Phi) is 4.18. The number of hydrogen-bond acceptors (Lipinski definition) is 5. The van der Waals surface area contributed by atoms with Gasteiger partial charge in [0.2, 0.25) is 0 Å². The molecule has 20 heavy (non-hydrogen) atoms. The lowest BCUT2D eigenvalue weighted by molar-refractivity contribution is 0.412. The largest absolute Gasteiger partial charge is 0.357 e. The average Bonchev–Trinajstić information content (AvgIpc) is 2.55. The molecule has 0 bridgehead atoms. The van der Waals surface area contributed by atoms with Crippen molar-refractivity contribution in [3.63, 3.8) is 0 Å². The summed E-state index contributed by atoms with van der Waals surface area (Å²) < 4.78 is 0. The summed E-state index contributed by atoms with van der Waals surface area (Å²) in [6.45, 7) is 2.95. The number of hydrogen-bond donors (Lipinski definition) is 1. The zero-order valence-corrected chi connectivity index (χ0v) is 11.4. The van der Waals surface area contributed by atoms with E-state index in [0.29, 0.717) is 6.04 Å². The molecule has 104 valence electrons. The van der Waals surface area contributed by atoms with Crippen molar-refractivity contribution in [3.8, 4) is 0 Å². The maximum absolute atomic E-state index is 4.41. The van der Waals surface area contributed by atoms with Gasteiger partial charge < -0.3 is 10.2 Å². The van der Waals surface area contributed by atoms with Crippen LogP contribution < -0.4 is 10.2 Å². The van der Waals surface area contributed by atoms with Gasteiger partial charge in [-0.2, -0.15) is 0 Å². The maximum Gasteiger partial charge on any atom is 0.128 e. The molecular weight excluding hydrogens is 250 g/mol. The topological polar surface area (TPSA) is 53.9 Å². The van der Waals surface area contributed by atoms with Gasteiger partial charge in [-0.25, -0.2) is 15.0 Å². The van der Waals surface area contributed by atoms with Gasteiger partial charge in [0.15, 0.2) is 0 Å². The third-order valence-electron chi connectivity index (χ3n) is 3.68. The molecule has 0 saturated carbocycles. The van der Waals surface area contributed by atoms with Crippen LogP contribution in [0, 0.1) is 0 Å². The molecule has 0 aliphatic carbocycles. The molecule has 3 rings (SSSR count). The van der Waals surface area contributed by atoms with Gasteiger partial charge in [0.1, 0.15) is 12.1 Å². The predicted octanol–water partition coefficient (Wildman–Crippen LogP) is 1.63. The summed E-state index contributed by atoms with van der Waals surface area (Å²) in [4.78, 5) is 14.8. The minimum absolute atomic E-state index is 0.565. The molecule has 1 saturated heterocycles. The second kappa shape index (κ2) is 6.43. The van der Waals surface area contributed by atoms with Gasteiger partial charge in [-0.15, -0.1) is 0 Å². The van der Waals surface area contributed by atoms with E-state index in [1.807, 2.05) is 30.7 Å². The highest BCUT2D eigenvalue weighted by Gasteiger charge is 2.19. The quantitative estimate of drug-likeness (QED) is 0.914. The lowest BCUT2D eigenvalue weighted by atomic mass is 10.0. The number of piperidine rings is 1. The third kappa shape index (κ3) is 3.30. The Hall–Kier alpha value is -2.01. The first-order valence-electron chi connectivity index (χ1n) is 7.05. The first-order valence-corrected chi connectivity index (χ1v) is 7.05. The number of aromatic nitrogens is 3. The van der Waals surface area contributed by atoms with Gasteiger partial charge >= 0.3 is 0 Å². The SMILES string of the molecule is c1ccc(N2CCC(NCc3cncnc3)CC2)nc1. The highest BCUT2D eigenvalue weighted by molar-refractivity contribution is 5.38. The summed E-state index contributed by atoms with van der Waals surface area (Å²) in [7, 11) is 0. The van der Waals surface area contributed by atoms with Gasteiger partial charge in [0.05, 0.1) is 0 Å². The normalized spacial score (nSPS) is 16.3. The molecule has 0 spiro atoms. The van der Waals surface area contributed by atoms with Crippen LogP contribution in [0.4, 0.5) is 5.82 Å². The van der Waals surface area contributed by atoms with Crippen LogP contribution in [0.1, 0.15) is 18.4 Å². The van der Waals surface area contributed by atoms with Crippen molar-refractivity contribution >= 4 is 5.82 Å². The van der Waals surface area contributed by atoms with E-state index in [2.05, 4.69) is 31.2 Å². The van der Waals surface area contributed by atoms with E-state index >= 15 is 0 Å². The summed E-state index contributed by atoms with van der Waals surface area (Å²) in [5.41, 5.74) is 1.14. The highest BCUT2D eigenvalue weighted by Crippen LogP contribution is 2.17. The van der Waals surface area contributed by atoms with Crippen molar-refractivity contribution in [1.82, 2.24) is 20.3 Å². The Bertz CT molecular complexity index is 508. The third-order valence-corrected chi connectivity index (χ3v) is 3.68. The molecule has 1 aliphatic heterocycles. The van der Waals surface area contributed by atoms with Crippen molar-refractivity contribution in [1.29, 1.82) is 0 Å². The molecule has 5 nitrogen and oxygen atoms in total. The summed E-state index contributed by atoms with van der Waals surface area (Å²) in [5.74, 6) is 1.09. The van der Waals surface area contributed by atoms with Crippen molar-refractivity contribution in [2.24, 2.45) is 0 Å². The fraction of sp³-hybridized carbons (Fsp3) is 0.400. The first-order chi connectivity index (χ1) is 9.92. The van der Waals surface area contributed by atoms with E-state index < -0.39 is 0 Å². The van der Waals surface area contributed by atoms with Crippen LogP contribution in [0.25, 0.3) is 0 Å². The Morgan fingerprint density at radius 3 is 2.65 bits per heavy atom. The van der Waals surface area contributed by atoms with Crippen LogP contribution in [0.2, 0.25) is 0 Å². The molecule has 3 heterocycles. The van der Waals surface area contributed by atoms with Crippen LogP contribution in [-0.2, 0) is 6.54 Å². The Morgan fingerprint density at radius 2 is 1.95 bits per heavy atom. The van der Waals surface area contributed by atoms with Crippen LogP contribution in [0.15, 0.2) is 43.1 Å². The second-order valence-corrected chi connectivity index (χ2v) is 5.08. The summed E-state index contributed by atoms with van der Waals surface area (Å²) in [6, 6.07) is 6.65. The van der Waals surface area contributed by atoms with Crippen LogP contribution >= 0.6 is 0 Å². The lowest BCUT2D eigenvalue weighted by Gasteiger charge is -2.33. The van der Waals surface area contributed by atoms with Gasteiger partial charge in [-0.05, 0) is 25.0 Å². The van der Waals surface area contributed by atoms with Gasteiger partial charge in [0, 0.05) is 49.8 Å². The number of pyridine rings is 1. The first kappa shape index (κ1) is 13.0. The molecule has 1 fully saturated rings. The Morgan fingerprint density at radius 1 is 1.15 bits per heavy atom. The van der Waals surface area contributed by atoms with Crippen LogP contribution in [-0.4, -0.2) is 34.1 Å². The smallest absolute Gasteiger partial charge is 0.128 e. The summed E-state index contributed by atoms with van der Waals surface area (Å²) in [5, 5.41) is 3.58. The molecule has 5 heteroatoms. The summed E-state index contributed by atoms with van der Waals surface area (Å²) >= 11 is 0. The number of nitrogens with one attached hydrogen (secondary N) is 1. The predicted molar refractivity (Wildman–Crippen MR) is 78.3 cm³/mol. The van der Waals surface area contributed by atoms with E-state index in [1.165, 1.54) is 0 Å². The summed E-state index contributed by atoms with van der Waals surface area (Å²) in [6.07, 6.45) is 9.44. The van der Waals surface area contributed by atoms with Crippen molar-refractivity contribution in [3.05, 3.63) is 48.7 Å². The minimum Gasteiger partial charge on any atom is -0.357 e. The fourth-order valence-corrected chi connectivity index (χ4v) is 2.54. The molecule has 0 unspecified atom stereocenters. The minimum atomic E-state index is 0.565. The molecule has 0 aromatic carbocycles. The van der Waals surface area contributed by atoms with E-state index in [9.17, 15) is 0 Å². The number of anilines is 1. The molecule has 2 aromatic rings. The molecule has 0 radical (unpaired) electrons. The molecule has 1 aliphatic rings. The van der Waals surface area contributed by atoms with E-state index in [1.54, 1.807) is 6.33 Å². The van der Waals surface area contributed by atoms with Gasteiger partial charge in [-0.1, -0.05) is 6.07 Å². The fourth-order valence-electron chi connectivity index (χ4n) is 2.54. The highest BCUT2D eigenvalue weighted by atomic mass is 15.2. The van der Waals surface area contributed by atoms with Gasteiger partial charge in [-0.3, -0.25) is 0 Å². The second-order valence-electron chi connectivity index (χ2n) is 5.08. The van der Waals surface area contributed by atoms with E-state index in [-0.39, 0.29) is 0 Å². The standard InChI is InChI=1S/C15H19N5/c1-2-6-18-15(3-1)20-7-4-14(5-8-20)19-11-13-9-16-12-17-10-13/h1-3,6,9-10,12,14,19H,4-5,7-8,11H2. The van der Waals surface area contributed by atoms with Crippen LogP contribution in [0.5, 0.6) is 0 Å². The average molecular weight is 269 g/mol. The lowest BCUT2D eigenvalue weighted by Crippen LogP contribution is -2.42. The molecule has 2 aromatic heterocycles. The molecule has 0 amide bonds. The zero-order chi connectivity index (χ0) is 13.6. The monoisotopic (exact) mass is 269 g/mol. The Labute approximate surface area is 119 Å². The van der Waals surface area contributed by atoms with Crippen molar-refractivity contribution in [2.75, 3.05) is 18.0 Å². The van der Waals surface area contributed by atoms with Crippen molar-refractivity contribution in [2.45, 2.75) is 25.4 Å². The van der Waals surface area contributed by atoms with Crippen LogP contribution in [0.3, 0.4) is 0 Å². The maximum atomic E-state index is 4.41. The van der Waals surface area contributed by atoms with E-state index in [4.69, 9.17) is 0 Å². The molecular formula is C15H19N5. The zero-order valence-electron chi connectivity index (χ0n) is 11.4.